The number of amides is 1. The molecule has 1 atom stereocenters. The molecule has 0 saturated carbocycles. The van der Waals surface area contributed by atoms with Gasteiger partial charge in [0, 0.05) is 12.7 Å². The first-order valence-corrected chi connectivity index (χ1v) is 8.79. The molecule has 0 bridgehead atoms. The van der Waals surface area contributed by atoms with E-state index in [9.17, 15) is 4.79 Å². The van der Waals surface area contributed by atoms with Gasteiger partial charge in [0.1, 0.15) is 0 Å². The number of thioether (sulfide) groups is 1. The summed E-state index contributed by atoms with van der Waals surface area (Å²) in [4.78, 5) is 14.4. The second-order valence-electron chi connectivity index (χ2n) is 5.71. The molecule has 1 heterocycles. The summed E-state index contributed by atoms with van der Waals surface area (Å²) in [6, 6.07) is 17.5. The largest absolute Gasteiger partial charge is 0.315 e. The molecule has 0 aliphatic heterocycles. The van der Waals surface area contributed by atoms with Gasteiger partial charge in [-0.2, -0.15) is 4.68 Å². The van der Waals surface area contributed by atoms with Crippen molar-refractivity contribution < 1.29 is 4.79 Å². The number of hydrogen-bond acceptors (Lipinski definition) is 5. The number of benzene rings is 2. The number of carbonyl (C=O) groups is 1. The van der Waals surface area contributed by atoms with Gasteiger partial charge >= 0.3 is 0 Å². The average molecular weight is 353 g/mol. The summed E-state index contributed by atoms with van der Waals surface area (Å²) in [5.74, 6) is -0.00464. The van der Waals surface area contributed by atoms with Crippen LogP contribution in [0.3, 0.4) is 0 Å². The van der Waals surface area contributed by atoms with Gasteiger partial charge in [-0.05, 0) is 54.1 Å². The molecule has 6 nitrogen and oxygen atoms in total. The van der Waals surface area contributed by atoms with E-state index in [4.69, 9.17) is 0 Å². The Kier molecular flexibility index (Phi) is 5.14. The summed E-state index contributed by atoms with van der Waals surface area (Å²) in [6.07, 6.45) is 0. The van der Waals surface area contributed by atoms with Crippen LogP contribution in [0.2, 0.25) is 0 Å². The van der Waals surface area contributed by atoms with Gasteiger partial charge in [0.05, 0.1) is 10.9 Å². The average Bonchev–Trinajstić information content (AvgIpc) is 3.09. The van der Waals surface area contributed by atoms with E-state index in [1.807, 2.05) is 68.4 Å². The molecule has 0 saturated heterocycles. The minimum absolute atomic E-state index is 0.00464. The van der Waals surface area contributed by atoms with Gasteiger partial charge in [0.25, 0.3) is 0 Å². The fourth-order valence-electron chi connectivity index (χ4n) is 2.43. The summed E-state index contributed by atoms with van der Waals surface area (Å²) >= 11 is 1.34. The predicted molar refractivity (Wildman–Crippen MR) is 99.1 cm³/mol. The van der Waals surface area contributed by atoms with Crippen molar-refractivity contribution in [2.45, 2.75) is 24.3 Å². The third-order valence-electron chi connectivity index (χ3n) is 3.79. The molecule has 0 fully saturated rings. The van der Waals surface area contributed by atoms with Crippen molar-refractivity contribution in [2.24, 2.45) is 0 Å². The number of anilines is 1. The van der Waals surface area contributed by atoms with Gasteiger partial charge in [-0.15, -0.1) is 5.10 Å². The standard InChI is InChI=1S/C18H19N5OS/c1-13-8-7-11-16(12-13)23-18(19-20-21-23)25-14(2)17(24)22(3)15-9-5-4-6-10-15/h4-12,14H,1-3H3. The SMILES string of the molecule is Cc1cccc(-n2nnnc2SC(C)C(=O)N(C)c2ccccc2)c1. The highest BCUT2D eigenvalue weighted by Gasteiger charge is 2.23. The maximum absolute atomic E-state index is 12.7. The second kappa shape index (κ2) is 7.48. The first-order chi connectivity index (χ1) is 12.1. The molecule has 0 N–H and O–H groups in total. The third-order valence-corrected chi connectivity index (χ3v) is 4.81. The molecule has 3 aromatic rings. The molecule has 128 valence electrons. The smallest absolute Gasteiger partial charge is 0.240 e. The summed E-state index contributed by atoms with van der Waals surface area (Å²) in [7, 11) is 1.78. The van der Waals surface area contributed by atoms with Gasteiger partial charge < -0.3 is 4.90 Å². The monoisotopic (exact) mass is 353 g/mol. The number of aryl methyl sites for hydroxylation is 1. The van der Waals surface area contributed by atoms with Crippen LogP contribution in [0.4, 0.5) is 5.69 Å². The van der Waals surface area contributed by atoms with Crippen LogP contribution in [0.15, 0.2) is 59.8 Å². The molecule has 1 unspecified atom stereocenters. The van der Waals surface area contributed by atoms with Gasteiger partial charge in [0.2, 0.25) is 11.1 Å². The van der Waals surface area contributed by atoms with Crippen LogP contribution in [0.25, 0.3) is 5.69 Å². The normalized spacial score (nSPS) is 12.0. The van der Waals surface area contributed by atoms with E-state index < -0.39 is 0 Å². The van der Waals surface area contributed by atoms with Crippen molar-refractivity contribution in [1.29, 1.82) is 0 Å². The Morgan fingerprint density at radius 2 is 1.92 bits per heavy atom. The molecule has 0 spiro atoms. The molecule has 1 aromatic heterocycles. The van der Waals surface area contributed by atoms with Crippen LogP contribution in [0, 0.1) is 6.92 Å². The zero-order chi connectivity index (χ0) is 17.8. The van der Waals surface area contributed by atoms with Gasteiger partial charge in [-0.1, -0.05) is 42.1 Å². The van der Waals surface area contributed by atoms with E-state index in [1.54, 1.807) is 16.6 Å². The molecule has 0 radical (unpaired) electrons. The highest BCUT2D eigenvalue weighted by atomic mass is 32.2. The van der Waals surface area contributed by atoms with Crippen LogP contribution < -0.4 is 4.90 Å². The van der Waals surface area contributed by atoms with Gasteiger partial charge in [-0.3, -0.25) is 4.79 Å². The van der Waals surface area contributed by atoms with Gasteiger partial charge in [-0.25, -0.2) is 0 Å². The van der Waals surface area contributed by atoms with E-state index in [2.05, 4.69) is 15.5 Å². The Balaban J connectivity index is 1.77. The highest BCUT2D eigenvalue weighted by Crippen LogP contribution is 2.25. The fourth-order valence-corrected chi connectivity index (χ4v) is 3.33. The lowest BCUT2D eigenvalue weighted by Crippen LogP contribution is -2.33. The summed E-state index contributed by atoms with van der Waals surface area (Å²) in [6.45, 7) is 3.88. The number of aromatic nitrogens is 4. The van der Waals surface area contributed by atoms with Crippen molar-refractivity contribution in [1.82, 2.24) is 20.2 Å². The zero-order valence-corrected chi connectivity index (χ0v) is 15.1. The van der Waals surface area contributed by atoms with Crippen LogP contribution in [0.1, 0.15) is 12.5 Å². The van der Waals surface area contributed by atoms with Crippen molar-refractivity contribution in [2.75, 3.05) is 11.9 Å². The third kappa shape index (κ3) is 3.88. The minimum Gasteiger partial charge on any atom is -0.315 e. The summed E-state index contributed by atoms with van der Waals surface area (Å²) < 4.78 is 1.66. The lowest BCUT2D eigenvalue weighted by atomic mass is 10.2. The van der Waals surface area contributed by atoms with Crippen LogP contribution in [0.5, 0.6) is 0 Å². The first kappa shape index (κ1) is 17.2. The van der Waals surface area contributed by atoms with E-state index in [1.165, 1.54) is 11.8 Å². The topological polar surface area (TPSA) is 63.9 Å². The number of tetrazole rings is 1. The molecule has 1 amide bonds. The van der Waals surface area contributed by atoms with Gasteiger partial charge in [0.15, 0.2) is 0 Å². The van der Waals surface area contributed by atoms with Crippen molar-refractivity contribution in [3.05, 3.63) is 60.2 Å². The Morgan fingerprint density at radius 3 is 2.64 bits per heavy atom. The molecule has 3 rings (SSSR count). The maximum Gasteiger partial charge on any atom is 0.240 e. The lowest BCUT2D eigenvalue weighted by molar-refractivity contribution is -0.117. The van der Waals surface area contributed by atoms with E-state index >= 15 is 0 Å². The van der Waals surface area contributed by atoms with Crippen LogP contribution in [-0.2, 0) is 4.79 Å². The molecular weight excluding hydrogens is 334 g/mol. The first-order valence-electron chi connectivity index (χ1n) is 7.91. The van der Waals surface area contributed by atoms with E-state index in [0.29, 0.717) is 5.16 Å². The Labute approximate surface area is 150 Å². The quantitative estimate of drug-likeness (QED) is 0.660. The van der Waals surface area contributed by atoms with Crippen molar-refractivity contribution in [3.8, 4) is 5.69 Å². The highest BCUT2D eigenvalue weighted by molar-refractivity contribution is 8.00. The molecular formula is C18H19N5OS. The number of rotatable bonds is 5. The predicted octanol–water partition coefficient (Wildman–Crippen LogP) is 3.11. The summed E-state index contributed by atoms with van der Waals surface area (Å²) in [5, 5.41) is 12.2. The van der Waals surface area contributed by atoms with Crippen molar-refractivity contribution >= 4 is 23.4 Å². The molecule has 0 aliphatic carbocycles. The van der Waals surface area contributed by atoms with Crippen molar-refractivity contribution in [3.63, 3.8) is 0 Å². The number of para-hydroxylation sites is 1. The number of nitrogens with zero attached hydrogens (tertiary/aromatic N) is 5. The Morgan fingerprint density at radius 1 is 1.16 bits per heavy atom. The summed E-state index contributed by atoms with van der Waals surface area (Å²) in [5.41, 5.74) is 2.86. The van der Waals surface area contributed by atoms with E-state index in [0.717, 1.165) is 16.9 Å². The molecule has 0 aliphatic rings. The Bertz CT molecular complexity index is 865. The van der Waals surface area contributed by atoms with Crippen LogP contribution in [-0.4, -0.2) is 38.4 Å². The van der Waals surface area contributed by atoms with Crippen LogP contribution >= 0.6 is 11.8 Å². The fraction of sp³-hybridized carbons (Fsp3) is 0.222. The molecule has 25 heavy (non-hydrogen) atoms. The number of carbonyl (C=O) groups excluding carboxylic acids is 1. The maximum atomic E-state index is 12.7. The second-order valence-corrected chi connectivity index (χ2v) is 7.01. The van der Waals surface area contributed by atoms with E-state index in [-0.39, 0.29) is 11.2 Å². The molecule has 7 heteroatoms. The zero-order valence-electron chi connectivity index (χ0n) is 14.3. The lowest BCUT2D eigenvalue weighted by Gasteiger charge is -2.20. The number of hydrogen-bond donors (Lipinski definition) is 0. The Hall–Kier alpha value is -2.67. The molecule has 2 aromatic carbocycles. The minimum atomic E-state index is -0.320.